The fourth-order valence-electron chi connectivity index (χ4n) is 1.85. The second-order valence-electron chi connectivity index (χ2n) is 4.56. The molecule has 2 N–H and O–H groups in total. The molecule has 1 unspecified atom stereocenters. The van der Waals surface area contributed by atoms with Crippen LogP contribution in [-0.4, -0.2) is 29.9 Å². The molecular formula is C13H16BrN3O3S. The van der Waals surface area contributed by atoms with Gasteiger partial charge in [0.25, 0.3) is 0 Å². The highest BCUT2D eigenvalue weighted by molar-refractivity contribution is 9.10. The van der Waals surface area contributed by atoms with E-state index in [0.717, 1.165) is 10.0 Å². The Morgan fingerprint density at radius 3 is 2.90 bits per heavy atom. The molecule has 1 aromatic heterocycles. The number of benzene rings is 1. The number of sulfonamides is 1. The van der Waals surface area contributed by atoms with Crippen LogP contribution in [0.5, 0.6) is 0 Å². The van der Waals surface area contributed by atoms with Gasteiger partial charge >= 0.3 is 0 Å². The molecule has 0 saturated carbocycles. The van der Waals surface area contributed by atoms with E-state index in [1.807, 2.05) is 24.3 Å². The van der Waals surface area contributed by atoms with Gasteiger partial charge in [-0.15, -0.1) is 0 Å². The Bertz CT molecular complexity index is 715. The summed E-state index contributed by atoms with van der Waals surface area (Å²) in [6.45, 7) is 1.94. The molecule has 1 heterocycles. The van der Waals surface area contributed by atoms with Gasteiger partial charge in [-0.1, -0.05) is 28.1 Å². The van der Waals surface area contributed by atoms with E-state index < -0.39 is 10.0 Å². The van der Waals surface area contributed by atoms with Gasteiger partial charge in [0, 0.05) is 16.7 Å². The van der Waals surface area contributed by atoms with E-state index in [1.54, 1.807) is 6.92 Å². The second kappa shape index (κ2) is 6.69. The number of aliphatic hydroxyl groups is 1. The lowest BCUT2D eigenvalue weighted by molar-refractivity contribution is 0.269. The van der Waals surface area contributed by atoms with Crippen LogP contribution in [0.4, 0.5) is 0 Å². The highest BCUT2D eigenvalue weighted by Crippen LogP contribution is 2.20. The summed E-state index contributed by atoms with van der Waals surface area (Å²) < 4.78 is 29.4. The van der Waals surface area contributed by atoms with Crippen molar-refractivity contribution >= 4 is 26.0 Å². The van der Waals surface area contributed by atoms with Crippen molar-refractivity contribution in [1.29, 1.82) is 0 Å². The van der Waals surface area contributed by atoms with E-state index in [0.29, 0.717) is 0 Å². The summed E-state index contributed by atoms with van der Waals surface area (Å²) in [5.74, 6) is 0. The molecule has 0 spiro atoms. The molecule has 0 amide bonds. The predicted molar refractivity (Wildman–Crippen MR) is 82.2 cm³/mol. The van der Waals surface area contributed by atoms with Gasteiger partial charge < -0.3 is 5.11 Å². The molecule has 0 aliphatic heterocycles. The van der Waals surface area contributed by atoms with Crippen molar-refractivity contribution in [2.75, 3.05) is 6.61 Å². The van der Waals surface area contributed by atoms with E-state index in [-0.39, 0.29) is 24.1 Å². The summed E-state index contributed by atoms with van der Waals surface area (Å²) in [5, 5.41) is 12.7. The summed E-state index contributed by atoms with van der Waals surface area (Å²) in [4.78, 5) is 0.0813. The SMILES string of the molecule is CC(NS(=O)(=O)c1cnn(CCO)c1)c1cccc(Br)c1. The van der Waals surface area contributed by atoms with Crippen LogP contribution in [-0.2, 0) is 16.6 Å². The highest BCUT2D eigenvalue weighted by Gasteiger charge is 2.20. The van der Waals surface area contributed by atoms with Crippen molar-refractivity contribution < 1.29 is 13.5 Å². The van der Waals surface area contributed by atoms with Crippen LogP contribution < -0.4 is 4.72 Å². The summed E-state index contributed by atoms with van der Waals surface area (Å²) in [5.41, 5.74) is 0.857. The first-order valence-corrected chi connectivity index (χ1v) is 8.61. The lowest BCUT2D eigenvalue weighted by Gasteiger charge is -2.14. The average Bonchev–Trinajstić information content (AvgIpc) is 2.88. The van der Waals surface area contributed by atoms with Crippen LogP contribution >= 0.6 is 15.9 Å². The fraction of sp³-hybridized carbons (Fsp3) is 0.308. The van der Waals surface area contributed by atoms with Gasteiger partial charge in [-0.3, -0.25) is 4.68 Å². The van der Waals surface area contributed by atoms with Gasteiger partial charge in [0.05, 0.1) is 19.3 Å². The minimum atomic E-state index is -3.65. The molecule has 2 rings (SSSR count). The maximum absolute atomic E-state index is 12.3. The van der Waals surface area contributed by atoms with Gasteiger partial charge in [-0.25, -0.2) is 13.1 Å². The normalized spacial score (nSPS) is 13.3. The van der Waals surface area contributed by atoms with Crippen LogP contribution in [0.15, 0.2) is 46.0 Å². The third-order valence-electron chi connectivity index (χ3n) is 2.93. The van der Waals surface area contributed by atoms with Crippen molar-refractivity contribution in [3.63, 3.8) is 0 Å². The minimum Gasteiger partial charge on any atom is -0.394 e. The first-order valence-electron chi connectivity index (χ1n) is 6.33. The number of aromatic nitrogens is 2. The fourth-order valence-corrected chi connectivity index (χ4v) is 3.45. The zero-order chi connectivity index (χ0) is 15.5. The number of hydrogen-bond acceptors (Lipinski definition) is 4. The largest absolute Gasteiger partial charge is 0.394 e. The van der Waals surface area contributed by atoms with Gasteiger partial charge in [0.1, 0.15) is 4.90 Å². The number of hydrogen-bond donors (Lipinski definition) is 2. The van der Waals surface area contributed by atoms with Crippen LogP contribution in [0, 0.1) is 0 Å². The lowest BCUT2D eigenvalue weighted by Crippen LogP contribution is -2.26. The number of nitrogens with zero attached hydrogens (tertiary/aromatic N) is 2. The molecule has 0 radical (unpaired) electrons. The van der Waals surface area contributed by atoms with Gasteiger partial charge in [0.2, 0.25) is 10.0 Å². The molecule has 6 nitrogen and oxygen atoms in total. The first kappa shape index (κ1) is 16.2. The van der Waals surface area contributed by atoms with Crippen LogP contribution in [0.3, 0.4) is 0 Å². The maximum Gasteiger partial charge on any atom is 0.244 e. The van der Waals surface area contributed by atoms with Crippen molar-refractivity contribution in [1.82, 2.24) is 14.5 Å². The molecule has 0 saturated heterocycles. The molecule has 0 bridgehead atoms. The molecule has 114 valence electrons. The summed E-state index contributed by atoms with van der Waals surface area (Å²) in [6.07, 6.45) is 2.66. The average molecular weight is 374 g/mol. The maximum atomic E-state index is 12.3. The van der Waals surface area contributed by atoms with E-state index in [1.165, 1.54) is 17.1 Å². The molecule has 21 heavy (non-hydrogen) atoms. The molecule has 0 aliphatic rings. The molecule has 2 aromatic rings. The Morgan fingerprint density at radius 2 is 2.24 bits per heavy atom. The Labute approximate surface area is 132 Å². The smallest absolute Gasteiger partial charge is 0.244 e. The van der Waals surface area contributed by atoms with Crippen molar-refractivity contribution in [2.45, 2.75) is 24.4 Å². The molecule has 1 aromatic carbocycles. The Hall–Kier alpha value is -1.22. The van der Waals surface area contributed by atoms with Gasteiger partial charge in [0.15, 0.2) is 0 Å². The van der Waals surface area contributed by atoms with Crippen molar-refractivity contribution in [2.24, 2.45) is 0 Å². The van der Waals surface area contributed by atoms with Crippen LogP contribution in [0.2, 0.25) is 0 Å². The number of halogens is 1. The van der Waals surface area contributed by atoms with E-state index in [4.69, 9.17) is 5.11 Å². The molecule has 8 heteroatoms. The van der Waals surface area contributed by atoms with Crippen LogP contribution in [0.1, 0.15) is 18.5 Å². The Balaban J connectivity index is 2.16. The van der Waals surface area contributed by atoms with E-state index >= 15 is 0 Å². The van der Waals surface area contributed by atoms with Crippen molar-refractivity contribution in [3.8, 4) is 0 Å². The molecule has 0 fully saturated rings. The van der Waals surface area contributed by atoms with Crippen LogP contribution in [0.25, 0.3) is 0 Å². The monoisotopic (exact) mass is 373 g/mol. The standard InChI is InChI=1S/C13H16BrN3O3S/c1-10(11-3-2-4-12(14)7-11)16-21(19,20)13-8-15-17(9-13)5-6-18/h2-4,7-10,16,18H,5-6H2,1H3. The van der Waals surface area contributed by atoms with E-state index in [2.05, 4.69) is 25.8 Å². The number of aliphatic hydroxyl groups excluding tert-OH is 1. The summed E-state index contributed by atoms with van der Waals surface area (Å²) >= 11 is 3.36. The van der Waals surface area contributed by atoms with Crippen molar-refractivity contribution in [3.05, 3.63) is 46.7 Å². The molecule has 0 aliphatic carbocycles. The third-order valence-corrected chi connectivity index (χ3v) is 4.92. The van der Waals surface area contributed by atoms with E-state index in [9.17, 15) is 8.42 Å². The number of nitrogens with one attached hydrogen (secondary N) is 1. The third kappa shape index (κ3) is 4.13. The zero-order valence-electron chi connectivity index (χ0n) is 11.4. The van der Waals surface area contributed by atoms with Gasteiger partial charge in [-0.05, 0) is 24.6 Å². The molecule has 1 atom stereocenters. The van der Waals surface area contributed by atoms with Gasteiger partial charge in [-0.2, -0.15) is 5.10 Å². The zero-order valence-corrected chi connectivity index (χ0v) is 13.8. The quantitative estimate of drug-likeness (QED) is 0.806. The lowest BCUT2D eigenvalue weighted by atomic mass is 10.1. The summed E-state index contributed by atoms with van der Waals surface area (Å²) in [7, 11) is -3.65. The topological polar surface area (TPSA) is 84.2 Å². The number of rotatable bonds is 6. The first-order chi connectivity index (χ1) is 9.92. The Kier molecular flexibility index (Phi) is 5.15. The molecular weight excluding hydrogens is 358 g/mol. The predicted octanol–water partition coefficient (Wildman–Crippen LogP) is 1.68. The second-order valence-corrected chi connectivity index (χ2v) is 7.19. The Morgan fingerprint density at radius 1 is 1.48 bits per heavy atom. The summed E-state index contributed by atoms with van der Waals surface area (Å²) in [6, 6.07) is 7.08. The minimum absolute atomic E-state index is 0.0813. The highest BCUT2D eigenvalue weighted by atomic mass is 79.9.